The molecule has 1 aliphatic rings. The number of hydrogen-bond donors (Lipinski definition) is 1. The van der Waals surface area contributed by atoms with Gasteiger partial charge in [-0.05, 0) is 36.3 Å². The monoisotopic (exact) mass is 234 g/mol. The van der Waals surface area contributed by atoms with Gasteiger partial charge in [0.05, 0.1) is 0 Å². The van der Waals surface area contributed by atoms with E-state index < -0.39 is 0 Å². The van der Waals surface area contributed by atoms with E-state index in [1.165, 1.54) is 5.56 Å². The van der Waals surface area contributed by atoms with Crippen LogP contribution in [-0.2, 0) is 6.42 Å². The molecule has 1 unspecified atom stereocenters. The van der Waals surface area contributed by atoms with Crippen LogP contribution in [-0.4, -0.2) is 17.8 Å². The van der Waals surface area contributed by atoms with Gasteiger partial charge in [-0.3, -0.25) is 0 Å². The zero-order valence-electron chi connectivity index (χ0n) is 10.8. The molecule has 0 aromatic heterocycles. The third-order valence-corrected chi connectivity index (χ3v) is 4.21. The van der Waals surface area contributed by atoms with Gasteiger partial charge in [-0.25, -0.2) is 0 Å². The SMILES string of the molecule is CCC(CC)(CO)CC1Cc2ccccc2O1. The van der Waals surface area contributed by atoms with Gasteiger partial charge in [0.2, 0.25) is 0 Å². The molecule has 2 nitrogen and oxygen atoms in total. The Kier molecular flexibility index (Phi) is 3.72. The Bertz CT molecular complexity index is 336. The third kappa shape index (κ3) is 2.47. The molecular formula is C15H22O2. The van der Waals surface area contributed by atoms with Crippen LogP contribution in [0.1, 0.15) is 38.7 Å². The van der Waals surface area contributed by atoms with Crippen molar-refractivity contribution in [1.82, 2.24) is 0 Å². The Morgan fingerprint density at radius 2 is 2.00 bits per heavy atom. The summed E-state index contributed by atoms with van der Waals surface area (Å²) in [6.45, 7) is 4.57. The molecule has 2 heteroatoms. The Morgan fingerprint density at radius 1 is 1.29 bits per heavy atom. The first-order valence-electron chi connectivity index (χ1n) is 6.58. The molecule has 0 saturated heterocycles. The average molecular weight is 234 g/mol. The van der Waals surface area contributed by atoms with E-state index in [2.05, 4.69) is 26.0 Å². The molecule has 2 rings (SSSR count). The number of benzene rings is 1. The Balaban J connectivity index is 2.04. The Labute approximate surface area is 104 Å². The number of aliphatic hydroxyl groups excluding tert-OH is 1. The standard InChI is InChI=1S/C15H22O2/c1-3-15(4-2,11-16)10-13-9-12-7-5-6-8-14(12)17-13/h5-8,13,16H,3-4,9-11H2,1-2H3. The van der Waals surface area contributed by atoms with Gasteiger partial charge in [-0.15, -0.1) is 0 Å². The third-order valence-electron chi connectivity index (χ3n) is 4.21. The molecule has 94 valence electrons. The van der Waals surface area contributed by atoms with E-state index in [9.17, 15) is 5.11 Å². The first kappa shape index (κ1) is 12.4. The van der Waals surface area contributed by atoms with Crippen molar-refractivity contribution in [3.63, 3.8) is 0 Å². The van der Waals surface area contributed by atoms with Gasteiger partial charge in [0, 0.05) is 13.0 Å². The summed E-state index contributed by atoms with van der Waals surface area (Å²) in [6.07, 6.45) is 4.19. The van der Waals surface area contributed by atoms with E-state index in [1.54, 1.807) is 0 Å². The second-order valence-corrected chi connectivity index (χ2v) is 5.12. The van der Waals surface area contributed by atoms with Crippen molar-refractivity contribution in [2.24, 2.45) is 5.41 Å². The van der Waals surface area contributed by atoms with Crippen molar-refractivity contribution in [1.29, 1.82) is 0 Å². The molecule has 1 aliphatic heterocycles. The summed E-state index contributed by atoms with van der Waals surface area (Å²) in [6, 6.07) is 8.24. The van der Waals surface area contributed by atoms with Crippen LogP contribution in [0.3, 0.4) is 0 Å². The maximum atomic E-state index is 9.60. The molecule has 0 aliphatic carbocycles. The van der Waals surface area contributed by atoms with Crippen LogP contribution in [0.15, 0.2) is 24.3 Å². The molecule has 0 saturated carbocycles. The van der Waals surface area contributed by atoms with E-state index in [0.29, 0.717) is 0 Å². The van der Waals surface area contributed by atoms with Gasteiger partial charge >= 0.3 is 0 Å². The fourth-order valence-electron chi connectivity index (χ4n) is 2.68. The normalized spacial score (nSPS) is 18.9. The lowest BCUT2D eigenvalue weighted by Crippen LogP contribution is -2.31. The molecule has 0 amide bonds. The molecule has 0 spiro atoms. The maximum absolute atomic E-state index is 9.60. The predicted molar refractivity (Wildman–Crippen MR) is 69.3 cm³/mol. The van der Waals surface area contributed by atoms with Crippen LogP contribution in [0.5, 0.6) is 5.75 Å². The fraction of sp³-hybridized carbons (Fsp3) is 0.600. The van der Waals surface area contributed by atoms with Crippen LogP contribution in [0, 0.1) is 5.41 Å². The van der Waals surface area contributed by atoms with Gasteiger partial charge in [0.15, 0.2) is 0 Å². The number of ether oxygens (including phenoxy) is 1. The highest BCUT2D eigenvalue weighted by atomic mass is 16.5. The molecule has 1 N–H and O–H groups in total. The van der Waals surface area contributed by atoms with Crippen LogP contribution < -0.4 is 4.74 Å². The van der Waals surface area contributed by atoms with E-state index in [4.69, 9.17) is 4.74 Å². The van der Waals surface area contributed by atoms with Crippen LogP contribution in [0.2, 0.25) is 0 Å². The first-order chi connectivity index (χ1) is 8.23. The summed E-state index contributed by atoms with van der Waals surface area (Å²) < 4.78 is 5.96. The average Bonchev–Trinajstić information content (AvgIpc) is 2.78. The van der Waals surface area contributed by atoms with E-state index >= 15 is 0 Å². The smallest absolute Gasteiger partial charge is 0.123 e. The molecule has 0 fully saturated rings. The largest absolute Gasteiger partial charge is 0.490 e. The van der Waals surface area contributed by atoms with Gasteiger partial charge in [-0.1, -0.05) is 32.0 Å². The second-order valence-electron chi connectivity index (χ2n) is 5.12. The summed E-state index contributed by atoms with van der Waals surface area (Å²) in [4.78, 5) is 0. The van der Waals surface area contributed by atoms with Crippen molar-refractivity contribution < 1.29 is 9.84 Å². The zero-order valence-corrected chi connectivity index (χ0v) is 10.8. The summed E-state index contributed by atoms with van der Waals surface area (Å²) in [5.74, 6) is 1.02. The van der Waals surface area contributed by atoms with E-state index in [-0.39, 0.29) is 18.1 Å². The number of aliphatic hydroxyl groups is 1. The van der Waals surface area contributed by atoms with Crippen molar-refractivity contribution in [2.45, 2.75) is 45.6 Å². The minimum Gasteiger partial charge on any atom is -0.490 e. The van der Waals surface area contributed by atoms with Gasteiger partial charge in [0.25, 0.3) is 0 Å². The summed E-state index contributed by atoms with van der Waals surface area (Å²) in [5.41, 5.74) is 1.34. The first-order valence-corrected chi connectivity index (χ1v) is 6.58. The van der Waals surface area contributed by atoms with Gasteiger partial charge in [0.1, 0.15) is 11.9 Å². The lowest BCUT2D eigenvalue weighted by molar-refractivity contribution is 0.0614. The molecule has 1 aromatic carbocycles. The summed E-state index contributed by atoms with van der Waals surface area (Å²) in [7, 11) is 0. The Morgan fingerprint density at radius 3 is 2.59 bits per heavy atom. The number of fused-ring (bicyclic) bond motifs is 1. The second kappa shape index (κ2) is 5.09. The Hall–Kier alpha value is -1.02. The topological polar surface area (TPSA) is 29.5 Å². The lowest BCUT2D eigenvalue weighted by Gasteiger charge is -2.31. The number of hydrogen-bond acceptors (Lipinski definition) is 2. The van der Waals surface area contributed by atoms with Crippen LogP contribution in [0.4, 0.5) is 0 Å². The highest BCUT2D eigenvalue weighted by Gasteiger charge is 2.33. The van der Waals surface area contributed by atoms with Crippen LogP contribution >= 0.6 is 0 Å². The van der Waals surface area contributed by atoms with Gasteiger partial charge in [-0.2, -0.15) is 0 Å². The molecular weight excluding hydrogens is 212 g/mol. The van der Waals surface area contributed by atoms with Crippen LogP contribution in [0.25, 0.3) is 0 Å². The van der Waals surface area contributed by atoms with Crippen molar-refractivity contribution in [2.75, 3.05) is 6.61 Å². The van der Waals surface area contributed by atoms with E-state index in [1.807, 2.05) is 12.1 Å². The quantitative estimate of drug-likeness (QED) is 0.848. The molecule has 1 heterocycles. The molecule has 0 radical (unpaired) electrons. The van der Waals surface area contributed by atoms with E-state index in [0.717, 1.165) is 31.4 Å². The molecule has 1 aromatic rings. The minimum absolute atomic E-state index is 0.0344. The lowest BCUT2D eigenvalue weighted by atomic mass is 9.77. The van der Waals surface area contributed by atoms with Gasteiger partial charge < -0.3 is 9.84 Å². The molecule has 1 atom stereocenters. The minimum atomic E-state index is 0.0344. The number of rotatable bonds is 5. The highest BCUT2D eigenvalue weighted by Crippen LogP contribution is 2.37. The fourth-order valence-corrected chi connectivity index (χ4v) is 2.68. The highest BCUT2D eigenvalue weighted by molar-refractivity contribution is 5.37. The predicted octanol–water partition coefficient (Wildman–Crippen LogP) is 3.18. The summed E-state index contributed by atoms with van der Waals surface area (Å²) in [5, 5.41) is 9.60. The molecule has 17 heavy (non-hydrogen) atoms. The maximum Gasteiger partial charge on any atom is 0.123 e. The van der Waals surface area contributed by atoms with Crippen molar-refractivity contribution in [3.05, 3.63) is 29.8 Å². The molecule has 0 bridgehead atoms. The summed E-state index contributed by atoms with van der Waals surface area (Å²) >= 11 is 0. The zero-order chi connectivity index (χ0) is 12.3. The number of para-hydroxylation sites is 1. The van der Waals surface area contributed by atoms with Crippen molar-refractivity contribution in [3.8, 4) is 5.75 Å². The van der Waals surface area contributed by atoms with Crippen molar-refractivity contribution >= 4 is 0 Å².